The number of rotatable bonds is 3. The molecule has 0 bridgehead atoms. The molecule has 0 N–H and O–H groups in total. The lowest BCUT2D eigenvalue weighted by molar-refractivity contribution is 0.302. The summed E-state index contributed by atoms with van der Waals surface area (Å²) >= 11 is 1.66. The quantitative estimate of drug-likeness (QED) is 0.865. The maximum atomic E-state index is 13.9. The molecular formula is C15H16FNO2S2. The summed E-state index contributed by atoms with van der Waals surface area (Å²) in [7, 11) is -3.81. The monoisotopic (exact) mass is 325 g/mol. The highest BCUT2D eigenvalue weighted by atomic mass is 32.2. The number of benzene rings is 1. The van der Waals surface area contributed by atoms with Crippen LogP contribution in [0.4, 0.5) is 4.39 Å². The largest absolute Gasteiger partial charge is 0.246 e. The molecule has 1 unspecified atom stereocenters. The smallest absolute Gasteiger partial charge is 0.207 e. The zero-order chi connectivity index (χ0) is 15.0. The van der Waals surface area contributed by atoms with Gasteiger partial charge in [-0.2, -0.15) is 4.31 Å². The van der Waals surface area contributed by atoms with Gasteiger partial charge in [-0.3, -0.25) is 0 Å². The summed E-state index contributed by atoms with van der Waals surface area (Å²) in [5, 5.41) is 1.99. The molecule has 1 atom stereocenters. The average Bonchev–Trinajstić information content (AvgIpc) is 2.94. The van der Waals surface area contributed by atoms with Gasteiger partial charge in [-0.05, 0) is 42.0 Å². The van der Waals surface area contributed by atoms with Crippen molar-refractivity contribution in [2.24, 2.45) is 0 Å². The van der Waals surface area contributed by atoms with E-state index in [1.54, 1.807) is 17.4 Å². The highest BCUT2D eigenvalue weighted by Gasteiger charge is 2.37. The Labute approximate surface area is 128 Å². The SMILES string of the molecule is CCC1c2ccsc2CCN1S(=O)(=O)c1ccccc1F. The van der Waals surface area contributed by atoms with Crippen LogP contribution >= 0.6 is 11.3 Å². The van der Waals surface area contributed by atoms with Gasteiger partial charge in [0.2, 0.25) is 10.0 Å². The van der Waals surface area contributed by atoms with Gasteiger partial charge in [0.25, 0.3) is 0 Å². The first-order valence-electron chi connectivity index (χ1n) is 6.88. The van der Waals surface area contributed by atoms with Gasteiger partial charge >= 0.3 is 0 Å². The van der Waals surface area contributed by atoms with Crippen LogP contribution < -0.4 is 0 Å². The highest BCUT2D eigenvalue weighted by molar-refractivity contribution is 7.89. The lowest BCUT2D eigenvalue weighted by Gasteiger charge is -2.34. The molecular weight excluding hydrogens is 309 g/mol. The molecule has 1 aliphatic heterocycles. The van der Waals surface area contributed by atoms with Crippen molar-refractivity contribution >= 4 is 21.4 Å². The number of thiophene rings is 1. The van der Waals surface area contributed by atoms with Gasteiger partial charge in [0.05, 0.1) is 6.04 Å². The molecule has 0 fully saturated rings. The first kappa shape index (κ1) is 14.7. The summed E-state index contributed by atoms with van der Waals surface area (Å²) in [5.74, 6) is -0.691. The van der Waals surface area contributed by atoms with Crippen LogP contribution in [0.3, 0.4) is 0 Å². The molecule has 0 saturated heterocycles. The normalized spacial score (nSPS) is 19.4. The zero-order valence-corrected chi connectivity index (χ0v) is 13.3. The van der Waals surface area contributed by atoms with Crippen LogP contribution in [0.15, 0.2) is 40.6 Å². The minimum absolute atomic E-state index is 0.204. The van der Waals surface area contributed by atoms with Crippen LogP contribution in [-0.2, 0) is 16.4 Å². The molecule has 1 aromatic heterocycles. The third-order valence-electron chi connectivity index (χ3n) is 3.86. The van der Waals surface area contributed by atoms with Gasteiger partial charge in [0, 0.05) is 11.4 Å². The van der Waals surface area contributed by atoms with E-state index in [1.807, 2.05) is 18.4 Å². The van der Waals surface area contributed by atoms with E-state index in [9.17, 15) is 12.8 Å². The molecule has 2 heterocycles. The second kappa shape index (κ2) is 5.51. The first-order chi connectivity index (χ1) is 10.1. The Kier molecular flexibility index (Phi) is 3.86. The summed E-state index contributed by atoms with van der Waals surface area (Å²) in [6.07, 6.45) is 1.37. The van der Waals surface area contributed by atoms with Crippen molar-refractivity contribution < 1.29 is 12.8 Å². The number of halogens is 1. The van der Waals surface area contributed by atoms with Gasteiger partial charge in [-0.15, -0.1) is 11.3 Å². The summed E-state index contributed by atoms with van der Waals surface area (Å²) < 4.78 is 40.9. The molecule has 0 radical (unpaired) electrons. The molecule has 112 valence electrons. The van der Waals surface area contributed by atoms with Crippen LogP contribution in [0, 0.1) is 5.82 Å². The number of hydrogen-bond acceptors (Lipinski definition) is 3. The highest BCUT2D eigenvalue weighted by Crippen LogP contribution is 2.38. The molecule has 21 heavy (non-hydrogen) atoms. The standard InChI is InChI=1S/C15H16FNO2S2/c1-2-13-11-8-10-20-14(11)7-9-17(13)21(18,19)15-6-4-3-5-12(15)16/h3-6,8,10,13H,2,7,9H2,1H3. The fourth-order valence-electron chi connectivity index (χ4n) is 2.86. The fraction of sp³-hybridized carbons (Fsp3) is 0.333. The summed E-state index contributed by atoms with van der Waals surface area (Å²) in [5.41, 5.74) is 1.06. The van der Waals surface area contributed by atoms with Crippen molar-refractivity contribution in [2.45, 2.75) is 30.7 Å². The van der Waals surface area contributed by atoms with Crippen LogP contribution in [0.2, 0.25) is 0 Å². The molecule has 3 nitrogen and oxygen atoms in total. The molecule has 0 aliphatic carbocycles. The van der Waals surface area contributed by atoms with Crippen molar-refractivity contribution in [1.29, 1.82) is 0 Å². The Morgan fingerprint density at radius 2 is 2.10 bits per heavy atom. The lowest BCUT2D eigenvalue weighted by Crippen LogP contribution is -2.39. The van der Waals surface area contributed by atoms with Crippen LogP contribution in [-0.4, -0.2) is 19.3 Å². The van der Waals surface area contributed by atoms with Gasteiger partial charge in [0.1, 0.15) is 10.7 Å². The zero-order valence-electron chi connectivity index (χ0n) is 11.6. The fourth-order valence-corrected chi connectivity index (χ4v) is 5.54. The molecule has 1 aliphatic rings. The number of fused-ring (bicyclic) bond motifs is 1. The van der Waals surface area contributed by atoms with E-state index in [1.165, 1.54) is 27.4 Å². The van der Waals surface area contributed by atoms with E-state index < -0.39 is 15.8 Å². The van der Waals surface area contributed by atoms with E-state index in [0.29, 0.717) is 19.4 Å². The van der Waals surface area contributed by atoms with Crippen molar-refractivity contribution in [3.8, 4) is 0 Å². The summed E-state index contributed by atoms with van der Waals surface area (Å²) in [4.78, 5) is 1.00. The van der Waals surface area contributed by atoms with E-state index >= 15 is 0 Å². The lowest BCUT2D eigenvalue weighted by atomic mass is 10.0. The third kappa shape index (κ3) is 2.41. The number of sulfonamides is 1. The molecule has 0 amide bonds. The van der Waals surface area contributed by atoms with Gasteiger partial charge in [-0.1, -0.05) is 19.1 Å². The second-order valence-electron chi connectivity index (χ2n) is 5.02. The molecule has 0 saturated carbocycles. The summed E-state index contributed by atoms with van der Waals surface area (Å²) in [6, 6.07) is 7.35. The molecule has 2 aromatic rings. The maximum Gasteiger partial charge on any atom is 0.246 e. The third-order valence-corrected chi connectivity index (χ3v) is 6.79. The van der Waals surface area contributed by atoms with Crippen molar-refractivity contribution in [1.82, 2.24) is 4.31 Å². The van der Waals surface area contributed by atoms with Gasteiger partial charge in [-0.25, -0.2) is 12.8 Å². The first-order valence-corrected chi connectivity index (χ1v) is 9.20. The Morgan fingerprint density at radius 3 is 2.81 bits per heavy atom. The molecule has 1 aromatic carbocycles. The van der Waals surface area contributed by atoms with E-state index in [-0.39, 0.29) is 10.9 Å². The topological polar surface area (TPSA) is 37.4 Å². The minimum atomic E-state index is -3.81. The predicted molar refractivity (Wildman–Crippen MR) is 81.3 cm³/mol. The predicted octanol–water partition coefficient (Wildman–Crippen LogP) is 3.59. The van der Waals surface area contributed by atoms with Gasteiger partial charge < -0.3 is 0 Å². The Bertz CT molecular complexity index is 755. The minimum Gasteiger partial charge on any atom is -0.207 e. The maximum absolute atomic E-state index is 13.9. The Balaban J connectivity index is 2.06. The number of hydrogen-bond donors (Lipinski definition) is 0. The van der Waals surface area contributed by atoms with E-state index in [4.69, 9.17) is 0 Å². The van der Waals surface area contributed by atoms with Gasteiger partial charge in [0.15, 0.2) is 0 Å². The van der Waals surface area contributed by atoms with Crippen LogP contribution in [0.25, 0.3) is 0 Å². The van der Waals surface area contributed by atoms with Crippen molar-refractivity contribution in [3.05, 3.63) is 52.0 Å². The summed E-state index contributed by atoms with van der Waals surface area (Å²) in [6.45, 7) is 2.37. The molecule has 6 heteroatoms. The van der Waals surface area contributed by atoms with Crippen molar-refractivity contribution in [2.75, 3.05) is 6.54 Å². The molecule has 0 spiro atoms. The second-order valence-corrected chi connectivity index (χ2v) is 7.88. The van der Waals surface area contributed by atoms with E-state index in [2.05, 4.69) is 0 Å². The molecule has 3 rings (SSSR count). The van der Waals surface area contributed by atoms with Crippen LogP contribution in [0.1, 0.15) is 29.8 Å². The average molecular weight is 325 g/mol. The van der Waals surface area contributed by atoms with Crippen LogP contribution in [0.5, 0.6) is 0 Å². The van der Waals surface area contributed by atoms with Crippen molar-refractivity contribution in [3.63, 3.8) is 0 Å². The number of nitrogens with zero attached hydrogens (tertiary/aromatic N) is 1. The Hall–Kier alpha value is -1.24. The van der Waals surface area contributed by atoms with E-state index in [0.717, 1.165) is 5.56 Å². The Morgan fingerprint density at radius 1 is 1.33 bits per heavy atom.